The molecule has 0 amide bonds. The van der Waals surface area contributed by atoms with Crippen molar-refractivity contribution in [3.05, 3.63) is 53.6 Å². The predicted octanol–water partition coefficient (Wildman–Crippen LogP) is 4.10. The van der Waals surface area contributed by atoms with Crippen molar-refractivity contribution in [2.24, 2.45) is 0 Å². The fourth-order valence-electron chi connectivity index (χ4n) is 2.06. The van der Waals surface area contributed by atoms with Gasteiger partial charge in [-0.3, -0.25) is 0 Å². The average Bonchev–Trinajstić information content (AvgIpc) is 2.52. The van der Waals surface area contributed by atoms with Crippen LogP contribution in [0.25, 0.3) is 5.53 Å². The molecule has 22 heavy (non-hydrogen) atoms. The Morgan fingerprint density at radius 3 is 2.27 bits per heavy atom. The molecular formula is C17H20N2O2S. The summed E-state index contributed by atoms with van der Waals surface area (Å²) in [5, 5.41) is 0. The second-order valence-corrected chi connectivity index (χ2v) is 6.30. The Bertz CT molecular complexity index is 692. The highest BCUT2D eigenvalue weighted by Gasteiger charge is 2.19. The summed E-state index contributed by atoms with van der Waals surface area (Å²) < 4.78 is 14.8. The Labute approximate surface area is 133 Å². The molecule has 0 radical (unpaired) electrons. The summed E-state index contributed by atoms with van der Waals surface area (Å²) in [6.07, 6.45) is 0. The van der Waals surface area contributed by atoms with Crippen LogP contribution in [0.5, 0.6) is 11.5 Å². The average molecular weight is 316 g/mol. The van der Waals surface area contributed by atoms with Crippen LogP contribution in [0.4, 0.5) is 0 Å². The van der Waals surface area contributed by atoms with Gasteiger partial charge in [0.1, 0.15) is 16.4 Å². The minimum Gasteiger partial charge on any atom is -0.494 e. The molecule has 0 fully saturated rings. The van der Waals surface area contributed by atoms with Crippen LogP contribution in [0.1, 0.15) is 19.4 Å². The summed E-state index contributed by atoms with van der Waals surface area (Å²) >= 11 is 0. The Kier molecular flexibility index (Phi) is 5.75. The summed E-state index contributed by atoms with van der Waals surface area (Å²) in [4.78, 5) is 1.75. The molecule has 0 N–H and O–H groups in total. The summed E-state index contributed by atoms with van der Waals surface area (Å²) in [5.74, 6) is 1.46. The molecule has 0 saturated heterocycles. The molecule has 4 nitrogen and oxygen atoms in total. The van der Waals surface area contributed by atoms with Crippen LogP contribution < -0.4 is 13.6 Å². The van der Waals surface area contributed by atoms with Crippen molar-refractivity contribution < 1.29 is 9.47 Å². The molecule has 1 unspecified atom stereocenters. The largest absolute Gasteiger partial charge is 0.494 e. The monoisotopic (exact) mass is 316 g/mol. The second kappa shape index (κ2) is 7.78. The van der Waals surface area contributed by atoms with E-state index in [1.54, 1.807) is 0 Å². The molecule has 0 aliphatic carbocycles. The molecule has 2 aromatic carbocycles. The lowest BCUT2D eigenvalue weighted by Crippen LogP contribution is -2.02. The van der Waals surface area contributed by atoms with Crippen molar-refractivity contribution in [2.75, 3.05) is 13.2 Å². The third-order valence-electron chi connectivity index (χ3n) is 3.06. The van der Waals surface area contributed by atoms with Gasteiger partial charge < -0.3 is 15.0 Å². The highest BCUT2D eigenvalue weighted by Crippen LogP contribution is 2.30. The van der Waals surface area contributed by atoms with E-state index in [-0.39, 0.29) is 0 Å². The quantitative estimate of drug-likeness (QED) is 0.595. The lowest BCUT2D eigenvalue weighted by atomic mass is 10.2. The van der Waals surface area contributed by atoms with Crippen LogP contribution >= 0.6 is 0 Å². The summed E-state index contributed by atoms with van der Waals surface area (Å²) in [5.41, 5.74) is 10.7. The summed E-state index contributed by atoms with van der Waals surface area (Å²) in [6, 6.07) is 13.6. The third kappa shape index (κ3) is 3.75. The maximum Gasteiger partial charge on any atom is 0.227 e. The number of benzene rings is 2. The normalized spacial score (nSPS) is 11.6. The van der Waals surface area contributed by atoms with Gasteiger partial charge in [0.05, 0.1) is 18.1 Å². The van der Waals surface area contributed by atoms with Gasteiger partial charge in [-0.05, 0) is 45.0 Å². The molecule has 0 aliphatic rings. The van der Waals surface area contributed by atoms with Gasteiger partial charge in [0.15, 0.2) is 0 Å². The van der Waals surface area contributed by atoms with Gasteiger partial charge >= 0.3 is 0 Å². The molecule has 0 saturated carbocycles. The van der Waals surface area contributed by atoms with Gasteiger partial charge in [-0.15, -0.1) is 4.16 Å². The van der Waals surface area contributed by atoms with Gasteiger partial charge in [0, 0.05) is 6.07 Å². The molecule has 2 rings (SSSR count). The molecule has 5 heteroatoms. The topological polar surface area (TPSA) is 54.9 Å². The molecular weight excluding hydrogens is 296 g/mol. The highest BCUT2D eigenvalue weighted by atomic mass is 32.2. The first kappa shape index (κ1) is 16.3. The van der Waals surface area contributed by atoms with Gasteiger partial charge in [0.2, 0.25) is 10.7 Å². The standard InChI is InChI=1S/C17H20N2O2S/c1-4-20-14-8-11-16(21-5-2)17(12-14)22(19-18)15-9-6-13(3)7-10-15/h6-12H,4-5H2,1-3H3. The van der Waals surface area contributed by atoms with Gasteiger partial charge in [-0.2, -0.15) is 0 Å². The van der Waals surface area contributed by atoms with Crippen molar-refractivity contribution in [3.8, 4) is 11.5 Å². The van der Waals surface area contributed by atoms with E-state index in [2.05, 4.69) is 4.16 Å². The van der Waals surface area contributed by atoms with E-state index in [0.29, 0.717) is 19.0 Å². The van der Waals surface area contributed by atoms with Gasteiger partial charge in [-0.1, -0.05) is 17.7 Å². The Morgan fingerprint density at radius 1 is 1.00 bits per heavy atom. The molecule has 116 valence electrons. The SMILES string of the molecule is CCOc1ccc(OCC)c(S(=[N+]=[N-])c2ccc(C)cc2)c1. The van der Waals surface area contributed by atoms with Crippen LogP contribution in [0.2, 0.25) is 0 Å². The van der Waals surface area contributed by atoms with Gasteiger partial charge in [-0.25, -0.2) is 0 Å². The van der Waals surface area contributed by atoms with Crippen molar-refractivity contribution in [1.82, 2.24) is 4.16 Å². The highest BCUT2D eigenvalue weighted by molar-refractivity contribution is 7.87. The zero-order valence-corrected chi connectivity index (χ0v) is 13.9. The van der Waals surface area contributed by atoms with E-state index >= 15 is 0 Å². The maximum absolute atomic E-state index is 9.56. The Hall–Kier alpha value is -2.10. The second-order valence-electron chi connectivity index (χ2n) is 4.65. The number of hydrogen-bond acceptors (Lipinski definition) is 2. The number of nitrogens with zero attached hydrogens (tertiary/aromatic N) is 2. The van der Waals surface area contributed by atoms with Crippen molar-refractivity contribution in [1.29, 1.82) is 0 Å². The van der Waals surface area contributed by atoms with Crippen LogP contribution in [0, 0.1) is 6.92 Å². The van der Waals surface area contributed by atoms with E-state index in [0.717, 1.165) is 15.5 Å². The first-order valence-corrected chi connectivity index (χ1v) is 8.43. The minimum atomic E-state index is -0.818. The summed E-state index contributed by atoms with van der Waals surface area (Å²) in [7, 11) is -0.818. The van der Waals surface area contributed by atoms with Crippen LogP contribution in [0.15, 0.2) is 52.3 Å². The van der Waals surface area contributed by atoms with E-state index in [9.17, 15) is 5.53 Å². The Morgan fingerprint density at radius 2 is 1.68 bits per heavy atom. The van der Waals surface area contributed by atoms with Crippen molar-refractivity contribution in [2.45, 2.75) is 30.6 Å². The first-order chi connectivity index (χ1) is 10.7. The smallest absolute Gasteiger partial charge is 0.227 e. The minimum absolute atomic E-state index is 0.553. The molecule has 0 aliphatic heterocycles. The van der Waals surface area contributed by atoms with Gasteiger partial charge in [0.25, 0.3) is 0 Å². The van der Waals surface area contributed by atoms with Crippen molar-refractivity contribution in [3.63, 3.8) is 0 Å². The number of hydrogen-bond donors (Lipinski definition) is 0. The maximum atomic E-state index is 9.56. The molecule has 0 bridgehead atoms. The zero-order valence-electron chi connectivity index (χ0n) is 13.1. The van der Waals surface area contributed by atoms with Crippen LogP contribution in [-0.2, 0) is 10.7 Å². The lowest BCUT2D eigenvalue weighted by molar-refractivity contribution is 0.323. The number of aryl methyl sites for hydroxylation is 1. The van der Waals surface area contributed by atoms with E-state index in [1.165, 1.54) is 5.56 Å². The van der Waals surface area contributed by atoms with E-state index in [1.807, 2.05) is 63.2 Å². The molecule has 0 spiro atoms. The van der Waals surface area contributed by atoms with Crippen molar-refractivity contribution >= 4 is 10.7 Å². The number of ether oxygens (including phenoxy) is 2. The lowest BCUT2D eigenvalue weighted by Gasteiger charge is -2.10. The van der Waals surface area contributed by atoms with Crippen LogP contribution in [-0.4, -0.2) is 13.2 Å². The molecule has 2 aromatic rings. The zero-order chi connectivity index (χ0) is 15.9. The molecule has 1 atom stereocenters. The first-order valence-electron chi connectivity index (χ1n) is 7.25. The fraction of sp³-hybridized carbons (Fsp3) is 0.294. The van der Waals surface area contributed by atoms with E-state index < -0.39 is 10.7 Å². The summed E-state index contributed by atoms with van der Waals surface area (Å²) in [6.45, 7) is 7.03. The molecule has 0 heterocycles. The predicted molar refractivity (Wildman–Crippen MR) is 89.3 cm³/mol. The Balaban J connectivity index is 2.52. The molecule has 0 aromatic heterocycles. The van der Waals surface area contributed by atoms with E-state index in [4.69, 9.17) is 9.47 Å². The fourth-order valence-corrected chi connectivity index (χ4v) is 3.43. The third-order valence-corrected chi connectivity index (χ3v) is 4.68. The number of rotatable bonds is 6. The van der Waals surface area contributed by atoms with Crippen LogP contribution in [0.3, 0.4) is 0 Å².